The van der Waals surface area contributed by atoms with Gasteiger partial charge in [0.15, 0.2) is 0 Å². The summed E-state index contributed by atoms with van der Waals surface area (Å²) in [5.74, 6) is 1.22. The largest absolute Gasteiger partial charge is 0.380 e. The van der Waals surface area contributed by atoms with Crippen LogP contribution in [0.15, 0.2) is 0 Å². The molecule has 1 fully saturated rings. The monoisotopic (exact) mass is 246 g/mol. The molecule has 0 amide bonds. The number of rotatable bonds is 7. The van der Waals surface area contributed by atoms with Crippen molar-refractivity contribution < 1.29 is 4.74 Å². The van der Waals surface area contributed by atoms with E-state index in [4.69, 9.17) is 4.74 Å². The molecular formula is C12H26N2OS. The third kappa shape index (κ3) is 4.62. The minimum atomic E-state index is 0.634. The molecule has 1 N–H and O–H groups in total. The Morgan fingerprint density at radius 1 is 1.38 bits per heavy atom. The highest BCUT2D eigenvalue weighted by atomic mass is 32.2. The lowest BCUT2D eigenvalue weighted by Crippen LogP contribution is -2.43. The number of nitrogens with one attached hydrogen (secondary N) is 1. The predicted octanol–water partition coefficient (Wildman–Crippen LogP) is 1.44. The van der Waals surface area contributed by atoms with Gasteiger partial charge in [0.25, 0.3) is 0 Å². The molecule has 1 rings (SSSR count). The molecule has 96 valence electrons. The first-order chi connectivity index (χ1) is 7.81. The Balaban J connectivity index is 2.19. The quantitative estimate of drug-likeness (QED) is 0.735. The van der Waals surface area contributed by atoms with E-state index in [1.54, 1.807) is 0 Å². The lowest BCUT2D eigenvalue weighted by atomic mass is 10.1. The first-order valence-corrected chi connectivity index (χ1v) is 7.45. The van der Waals surface area contributed by atoms with Crippen molar-refractivity contribution in [1.29, 1.82) is 0 Å². The average Bonchev–Trinajstić information content (AvgIpc) is 2.35. The maximum atomic E-state index is 5.55. The average molecular weight is 246 g/mol. The van der Waals surface area contributed by atoms with Crippen molar-refractivity contribution in [1.82, 2.24) is 10.2 Å². The molecule has 0 aromatic rings. The van der Waals surface area contributed by atoms with Crippen molar-refractivity contribution in [2.45, 2.75) is 31.6 Å². The van der Waals surface area contributed by atoms with Gasteiger partial charge in [-0.05, 0) is 26.6 Å². The lowest BCUT2D eigenvalue weighted by molar-refractivity contribution is 0.0850. The van der Waals surface area contributed by atoms with Crippen LogP contribution in [0.4, 0.5) is 0 Å². The van der Waals surface area contributed by atoms with Gasteiger partial charge in [-0.2, -0.15) is 11.8 Å². The van der Waals surface area contributed by atoms with E-state index in [0.717, 1.165) is 32.7 Å². The van der Waals surface area contributed by atoms with Crippen LogP contribution < -0.4 is 5.32 Å². The molecule has 1 saturated heterocycles. The molecule has 1 aliphatic heterocycles. The molecule has 2 atom stereocenters. The molecule has 0 aromatic carbocycles. The van der Waals surface area contributed by atoms with Gasteiger partial charge in [0.1, 0.15) is 0 Å². The molecule has 3 nitrogen and oxygen atoms in total. The standard InChI is InChI=1S/C12H26N2OS/c1-4-14(5-2)7-9-16-12-10-15-8-6-11(12)13-3/h11-13H,4-10H2,1-3H3. The third-order valence-electron chi connectivity index (χ3n) is 3.31. The molecule has 0 radical (unpaired) electrons. The van der Waals surface area contributed by atoms with Gasteiger partial charge in [0.2, 0.25) is 0 Å². The molecule has 0 spiro atoms. The highest BCUT2D eigenvalue weighted by molar-refractivity contribution is 8.00. The second-order valence-corrected chi connectivity index (χ2v) is 5.54. The molecule has 16 heavy (non-hydrogen) atoms. The Morgan fingerprint density at radius 3 is 2.75 bits per heavy atom. The van der Waals surface area contributed by atoms with Crippen LogP contribution in [0.5, 0.6) is 0 Å². The van der Waals surface area contributed by atoms with Crippen molar-refractivity contribution in [2.75, 3.05) is 45.6 Å². The zero-order valence-corrected chi connectivity index (χ0v) is 11.7. The molecule has 1 heterocycles. The zero-order valence-electron chi connectivity index (χ0n) is 10.9. The Hall–Kier alpha value is 0.230. The first-order valence-electron chi connectivity index (χ1n) is 6.40. The molecule has 1 aliphatic rings. The third-order valence-corrected chi connectivity index (χ3v) is 4.62. The number of nitrogens with zero attached hydrogens (tertiary/aromatic N) is 1. The predicted molar refractivity (Wildman–Crippen MR) is 72.3 cm³/mol. The summed E-state index contributed by atoms with van der Waals surface area (Å²) in [7, 11) is 2.06. The van der Waals surface area contributed by atoms with Gasteiger partial charge in [-0.1, -0.05) is 13.8 Å². The molecule has 4 heteroatoms. The van der Waals surface area contributed by atoms with Gasteiger partial charge in [-0.25, -0.2) is 0 Å². The van der Waals surface area contributed by atoms with Crippen LogP contribution in [0.3, 0.4) is 0 Å². The molecule has 2 unspecified atom stereocenters. The number of hydrogen-bond acceptors (Lipinski definition) is 4. The van der Waals surface area contributed by atoms with Crippen LogP contribution in [0.1, 0.15) is 20.3 Å². The topological polar surface area (TPSA) is 24.5 Å². The van der Waals surface area contributed by atoms with Crippen LogP contribution in [-0.4, -0.2) is 61.8 Å². The second kappa shape index (κ2) is 8.34. The summed E-state index contributed by atoms with van der Waals surface area (Å²) < 4.78 is 5.55. The van der Waals surface area contributed by atoms with Crippen LogP contribution in [0, 0.1) is 0 Å². The smallest absolute Gasteiger partial charge is 0.0600 e. The minimum absolute atomic E-state index is 0.634. The summed E-state index contributed by atoms with van der Waals surface area (Å²) in [5.41, 5.74) is 0. The highest BCUT2D eigenvalue weighted by Gasteiger charge is 2.24. The van der Waals surface area contributed by atoms with E-state index in [0.29, 0.717) is 11.3 Å². The molecule has 0 bridgehead atoms. The highest BCUT2D eigenvalue weighted by Crippen LogP contribution is 2.21. The summed E-state index contributed by atoms with van der Waals surface area (Å²) in [4.78, 5) is 2.48. The second-order valence-electron chi connectivity index (χ2n) is 4.19. The summed E-state index contributed by atoms with van der Waals surface area (Å²) >= 11 is 2.06. The summed E-state index contributed by atoms with van der Waals surface area (Å²) in [6.45, 7) is 9.81. The van der Waals surface area contributed by atoms with Crippen LogP contribution >= 0.6 is 11.8 Å². The minimum Gasteiger partial charge on any atom is -0.380 e. The SMILES string of the molecule is CCN(CC)CCSC1COCCC1NC. The van der Waals surface area contributed by atoms with Crippen molar-refractivity contribution in [3.05, 3.63) is 0 Å². The molecular weight excluding hydrogens is 220 g/mol. The van der Waals surface area contributed by atoms with E-state index in [9.17, 15) is 0 Å². The van der Waals surface area contributed by atoms with Gasteiger partial charge < -0.3 is 15.0 Å². The zero-order chi connectivity index (χ0) is 11.8. The fraction of sp³-hybridized carbons (Fsp3) is 1.00. The van der Waals surface area contributed by atoms with E-state index in [1.807, 2.05) is 0 Å². The maximum Gasteiger partial charge on any atom is 0.0600 e. The van der Waals surface area contributed by atoms with E-state index in [2.05, 4.69) is 42.9 Å². The molecule has 0 aromatic heterocycles. The maximum absolute atomic E-state index is 5.55. The number of thioether (sulfide) groups is 1. The van der Waals surface area contributed by atoms with Crippen molar-refractivity contribution in [2.24, 2.45) is 0 Å². The normalized spacial score (nSPS) is 26.2. The van der Waals surface area contributed by atoms with Crippen LogP contribution in [-0.2, 0) is 4.74 Å². The summed E-state index contributed by atoms with van der Waals surface area (Å²) in [6, 6.07) is 0.635. The lowest BCUT2D eigenvalue weighted by Gasteiger charge is -2.31. The van der Waals surface area contributed by atoms with Crippen molar-refractivity contribution >= 4 is 11.8 Å². The van der Waals surface area contributed by atoms with Gasteiger partial charge in [0, 0.05) is 30.2 Å². The fourth-order valence-electron chi connectivity index (χ4n) is 2.08. The Morgan fingerprint density at radius 2 is 2.12 bits per heavy atom. The van der Waals surface area contributed by atoms with Crippen molar-refractivity contribution in [3.63, 3.8) is 0 Å². The van der Waals surface area contributed by atoms with Gasteiger partial charge in [0.05, 0.1) is 6.61 Å². The Labute approximate surface area is 104 Å². The fourth-order valence-corrected chi connectivity index (χ4v) is 3.44. The Kier molecular flexibility index (Phi) is 7.45. The van der Waals surface area contributed by atoms with Crippen molar-refractivity contribution in [3.8, 4) is 0 Å². The van der Waals surface area contributed by atoms with Gasteiger partial charge in [-0.3, -0.25) is 0 Å². The van der Waals surface area contributed by atoms with E-state index in [-0.39, 0.29) is 0 Å². The molecule has 0 aliphatic carbocycles. The Bertz CT molecular complexity index is 176. The van der Waals surface area contributed by atoms with E-state index < -0.39 is 0 Å². The summed E-state index contributed by atoms with van der Waals surface area (Å²) in [6.07, 6.45) is 1.15. The molecule has 0 saturated carbocycles. The van der Waals surface area contributed by atoms with Crippen LogP contribution in [0.2, 0.25) is 0 Å². The van der Waals surface area contributed by atoms with Crippen LogP contribution in [0.25, 0.3) is 0 Å². The first kappa shape index (κ1) is 14.3. The van der Waals surface area contributed by atoms with E-state index in [1.165, 1.54) is 12.3 Å². The van der Waals surface area contributed by atoms with Gasteiger partial charge >= 0.3 is 0 Å². The number of ether oxygens (including phenoxy) is 1. The number of hydrogen-bond donors (Lipinski definition) is 1. The van der Waals surface area contributed by atoms with E-state index >= 15 is 0 Å². The van der Waals surface area contributed by atoms with Gasteiger partial charge in [-0.15, -0.1) is 0 Å². The summed E-state index contributed by atoms with van der Waals surface area (Å²) in [5, 5.41) is 4.04.